The van der Waals surface area contributed by atoms with Gasteiger partial charge in [-0.05, 0) is 40.1 Å². The fourth-order valence-electron chi connectivity index (χ4n) is 2.46. The standard InChI is InChI=1S/C14H12ClNOS2/c1-2-13(17)16-7-11(10-4-6-19-14(10)15)9-3-5-18-12(9)8-16/h2-6,11H,1,7-8H2/t11-/m1/s1. The van der Waals surface area contributed by atoms with Crippen molar-refractivity contribution in [1.29, 1.82) is 0 Å². The molecular formula is C14H12ClNOS2. The van der Waals surface area contributed by atoms with E-state index in [0.29, 0.717) is 13.1 Å². The zero-order valence-electron chi connectivity index (χ0n) is 10.1. The van der Waals surface area contributed by atoms with Crippen LogP contribution >= 0.6 is 34.3 Å². The molecule has 1 aliphatic rings. The fourth-order valence-corrected chi connectivity index (χ4v) is 4.45. The lowest BCUT2D eigenvalue weighted by molar-refractivity contribution is -0.127. The van der Waals surface area contributed by atoms with Gasteiger partial charge in [0.05, 0.1) is 10.9 Å². The molecule has 5 heteroatoms. The summed E-state index contributed by atoms with van der Waals surface area (Å²) in [5, 5.41) is 4.08. The number of nitrogens with zero attached hydrogens (tertiary/aromatic N) is 1. The predicted octanol–water partition coefficient (Wildman–Crippen LogP) is 4.12. The van der Waals surface area contributed by atoms with E-state index in [-0.39, 0.29) is 11.8 Å². The van der Waals surface area contributed by atoms with Gasteiger partial charge in [0.15, 0.2) is 0 Å². The molecule has 0 bridgehead atoms. The van der Waals surface area contributed by atoms with Gasteiger partial charge in [0.25, 0.3) is 0 Å². The first-order valence-electron chi connectivity index (χ1n) is 5.91. The molecule has 1 atom stereocenters. The molecule has 19 heavy (non-hydrogen) atoms. The first-order chi connectivity index (χ1) is 9.20. The van der Waals surface area contributed by atoms with Crippen LogP contribution in [0.4, 0.5) is 0 Å². The van der Waals surface area contributed by atoms with Crippen molar-refractivity contribution in [2.45, 2.75) is 12.5 Å². The number of carbonyl (C=O) groups is 1. The number of rotatable bonds is 2. The lowest BCUT2D eigenvalue weighted by Gasteiger charge is -2.32. The average Bonchev–Trinajstić information content (AvgIpc) is 3.04. The molecule has 2 aromatic heterocycles. The molecule has 2 nitrogen and oxygen atoms in total. The molecule has 0 radical (unpaired) electrons. The van der Waals surface area contributed by atoms with Crippen molar-refractivity contribution in [1.82, 2.24) is 4.90 Å². The van der Waals surface area contributed by atoms with Crippen molar-refractivity contribution < 1.29 is 4.79 Å². The summed E-state index contributed by atoms with van der Waals surface area (Å²) in [5.74, 6) is 0.160. The van der Waals surface area contributed by atoms with Crippen LogP contribution in [0.1, 0.15) is 21.9 Å². The van der Waals surface area contributed by atoms with Crippen LogP contribution in [-0.4, -0.2) is 17.4 Å². The molecule has 0 N–H and O–H groups in total. The third kappa shape index (κ3) is 2.24. The molecular weight excluding hydrogens is 298 g/mol. The average molecular weight is 310 g/mol. The Morgan fingerprint density at radius 2 is 2.11 bits per heavy atom. The summed E-state index contributed by atoms with van der Waals surface area (Å²) in [6.45, 7) is 4.92. The van der Waals surface area contributed by atoms with Crippen molar-refractivity contribution >= 4 is 40.2 Å². The van der Waals surface area contributed by atoms with E-state index < -0.39 is 0 Å². The third-order valence-corrected chi connectivity index (χ3v) is 5.52. The van der Waals surface area contributed by atoms with E-state index >= 15 is 0 Å². The van der Waals surface area contributed by atoms with Gasteiger partial charge >= 0.3 is 0 Å². The van der Waals surface area contributed by atoms with Gasteiger partial charge in [0, 0.05) is 17.3 Å². The molecule has 0 fully saturated rings. The van der Waals surface area contributed by atoms with Crippen LogP contribution in [-0.2, 0) is 11.3 Å². The maximum atomic E-state index is 11.9. The van der Waals surface area contributed by atoms with Crippen LogP contribution in [0.25, 0.3) is 0 Å². The zero-order valence-corrected chi connectivity index (χ0v) is 12.5. The first kappa shape index (κ1) is 12.9. The Hall–Kier alpha value is -1.10. The maximum absolute atomic E-state index is 11.9. The molecule has 1 aliphatic heterocycles. The SMILES string of the molecule is C=CC(=O)N1Cc2sccc2[C@H](c2ccsc2Cl)C1. The molecule has 2 aromatic rings. The van der Waals surface area contributed by atoms with Crippen molar-refractivity contribution in [3.05, 3.63) is 55.9 Å². The first-order valence-corrected chi connectivity index (χ1v) is 8.05. The monoisotopic (exact) mass is 309 g/mol. The van der Waals surface area contributed by atoms with E-state index in [4.69, 9.17) is 11.6 Å². The maximum Gasteiger partial charge on any atom is 0.246 e. The topological polar surface area (TPSA) is 20.3 Å². The van der Waals surface area contributed by atoms with Gasteiger partial charge < -0.3 is 4.90 Å². The Balaban J connectivity index is 2.02. The second-order valence-electron chi connectivity index (χ2n) is 4.42. The minimum Gasteiger partial charge on any atom is -0.333 e. The molecule has 0 saturated heterocycles. The van der Waals surface area contributed by atoms with Crippen LogP contribution < -0.4 is 0 Å². The molecule has 0 unspecified atom stereocenters. The number of hydrogen-bond acceptors (Lipinski definition) is 3. The van der Waals surface area contributed by atoms with Gasteiger partial charge in [-0.15, -0.1) is 22.7 Å². The summed E-state index contributed by atoms with van der Waals surface area (Å²) in [6, 6.07) is 4.20. The van der Waals surface area contributed by atoms with E-state index in [1.54, 1.807) is 11.3 Å². The molecule has 0 aliphatic carbocycles. The molecule has 3 rings (SSSR count). The van der Waals surface area contributed by atoms with Crippen molar-refractivity contribution in [2.75, 3.05) is 6.54 Å². The molecule has 98 valence electrons. The van der Waals surface area contributed by atoms with Crippen molar-refractivity contribution in [3.8, 4) is 0 Å². The van der Waals surface area contributed by atoms with Gasteiger partial charge in [-0.3, -0.25) is 4.79 Å². The normalized spacial score (nSPS) is 18.2. The van der Waals surface area contributed by atoms with E-state index in [9.17, 15) is 4.79 Å². The highest BCUT2D eigenvalue weighted by Gasteiger charge is 2.30. The Labute approximate surface area is 124 Å². The van der Waals surface area contributed by atoms with Crippen LogP contribution in [0.15, 0.2) is 35.5 Å². The Bertz CT molecular complexity index is 631. The highest BCUT2D eigenvalue weighted by atomic mass is 35.5. The number of fused-ring (bicyclic) bond motifs is 1. The molecule has 0 saturated carbocycles. The van der Waals surface area contributed by atoms with Crippen molar-refractivity contribution in [2.24, 2.45) is 0 Å². The van der Waals surface area contributed by atoms with Crippen LogP contribution in [0.5, 0.6) is 0 Å². The van der Waals surface area contributed by atoms with E-state index in [0.717, 1.165) is 9.90 Å². The van der Waals surface area contributed by atoms with Gasteiger partial charge in [-0.1, -0.05) is 18.2 Å². The molecule has 1 amide bonds. The minimum absolute atomic E-state index is 0.0181. The molecule has 3 heterocycles. The molecule has 0 spiro atoms. The van der Waals surface area contributed by atoms with Crippen LogP contribution in [0, 0.1) is 0 Å². The fraction of sp³-hybridized carbons (Fsp3) is 0.214. The highest BCUT2D eigenvalue weighted by molar-refractivity contribution is 7.14. The second kappa shape index (κ2) is 5.12. The quantitative estimate of drug-likeness (QED) is 0.764. The summed E-state index contributed by atoms with van der Waals surface area (Å²) in [6.07, 6.45) is 1.38. The summed E-state index contributed by atoms with van der Waals surface area (Å²) in [4.78, 5) is 15.0. The van der Waals surface area contributed by atoms with E-state index in [2.05, 4.69) is 24.1 Å². The highest BCUT2D eigenvalue weighted by Crippen LogP contribution is 2.40. The summed E-state index contributed by atoms with van der Waals surface area (Å²) < 4.78 is 0.815. The second-order valence-corrected chi connectivity index (χ2v) is 6.94. The van der Waals surface area contributed by atoms with Gasteiger partial charge in [0.2, 0.25) is 5.91 Å². The van der Waals surface area contributed by atoms with Crippen LogP contribution in [0.3, 0.4) is 0 Å². The lowest BCUT2D eigenvalue weighted by atomic mass is 9.90. The van der Waals surface area contributed by atoms with E-state index in [1.807, 2.05) is 10.3 Å². The predicted molar refractivity (Wildman–Crippen MR) is 81.1 cm³/mol. The van der Waals surface area contributed by atoms with Gasteiger partial charge in [-0.2, -0.15) is 0 Å². The summed E-state index contributed by atoms with van der Waals surface area (Å²) in [5.41, 5.74) is 2.42. The number of thiophene rings is 2. The van der Waals surface area contributed by atoms with E-state index in [1.165, 1.54) is 27.9 Å². The minimum atomic E-state index is -0.0181. The number of carbonyl (C=O) groups excluding carboxylic acids is 1. The Morgan fingerprint density at radius 1 is 1.37 bits per heavy atom. The summed E-state index contributed by atoms with van der Waals surface area (Å²) in [7, 11) is 0. The number of halogens is 1. The number of hydrogen-bond donors (Lipinski definition) is 0. The largest absolute Gasteiger partial charge is 0.333 e. The zero-order chi connectivity index (χ0) is 13.4. The summed E-state index contributed by atoms with van der Waals surface area (Å²) >= 11 is 9.50. The van der Waals surface area contributed by atoms with Gasteiger partial charge in [0.1, 0.15) is 0 Å². The smallest absolute Gasteiger partial charge is 0.246 e. The molecule has 0 aromatic carbocycles. The lowest BCUT2D eigenvalue weighted by Crippen LogP contribution is -2.36. The van der Waals surface area contributed by atoms with Crippen molar-refractivity contribution in [3.63, 3.8) is 0 Å². The third-order valence-electron chi connectivity index (χ3n) is 3.40. The Kier molecular flexibility index (Phi) is 3.48. The number of amides is 1. The van der Waals surface area contributed by atoms with Gasteiger partial charge in [-0.25, -0.2) is 0 Å². The van der Waals surface area contributed by atoms with Crippen LogP contribution in [0.2, 0.25) is 4.34 Å². The Morgan fingerprint density at radius 3 is 2.79 bits per heavy atom.